The molecule has 0 spiro atoms. The van der Waals surface area contributed by atoms with E-state index in [1.807, 2.05) is 7.05 Å². The second kappa shape index (κ2) is 6.59. The van der Waals surface area contributed by atoms with Gasteiger partial charge in [-0.15, -0.1) is 0 Å². The third-order valence-corrected chi connectivity index (χ3v) is 2.72. The first-order valence-corrected chi connectivity index (χ1v) is 5.72. The Morgan fingerprint density at radius 2 is 2.06 bits per heavy atom. The molecule has 16 heavy (non-hydrogen) atoms. The average molecular weight is 227 g/mol. The number of halogens is 2. The Morgan fingerprint density at radius 3 is 2.75 bits per heavy atom. The summed E-state index contributed by atoms with van der Waals surface area (Å²) in [7, 11) is 1.91. The van der Waals surface area contributed by atoms with Crippen LogP contribution in [0.2, 0.25) is 0 Å². The predicted molar refractivity (Wildman–Crippen MR) is 62.4 cm³/mol. The smallest absolute Gasteiger partial charge is 0.162 e. The van der Waals surface area contributed by atoms with Crippen molar-refractivity contribution in [1.82, 2.24) is 5.32 Å². The molecule has 0 aliphatic heterocycles. The molecule has 0 fully saturated rings. The minimum absolute atomic E-state index is 0.379. The van der Waals surface area contributed by atoms with E-state index in [0.29, 0.717) is 17.9 Å². The largest absolute Gasteiger partial charge is 0.320 e. The van der Waals surface area contributed by atoms with Crippen LogP contribution in [0, 0.1) is 17.6 Å². The number of rotatable bonds is 6. The van der Waals surface area contributed by atoms with Crippen molar-refractivity contribution in [3.8, 4) is 0 Å². The maximum absolute atomic E-state index is 13.4. The molecule has 1 nitrogen and oxygen atoms in total. The van der Waals surface area contributed by atoms with Crippen LogP contribution >= 0.6 is 0 Å². The molecule has 1 unspecified atom stereocenters. The van der Waals surface area contributed by atoms with Gasteiger partial charge in [0, 0.05) is 0 Å². The van der Waals surface area contributed by atoms with Gasteiger partial charge >= 0.3 is 0 Å². The molecule has 0 saturated heterocycles. The summed E-state index contributed by atoms with van der Waals surface area (Å²) in [6.45, 7) is 3.04. The van der Waals surface area contributed by atoms with Gasteiger partial charge in [-0.05, 0) is 50.4 Å². The van der Waals surface area contributed by atoms with Crippen molar-refractivity contribution >= 4 is 0 Å². The van der Waals surface area contributed by atoms with Gasteiger partial charge in [0.15, 0.2) is 11.6 Å². The zero-order valence-corrected chi connectivity index (χ0v) is 9.89. The molecule has 0 bridgehead atoms. The monoisotopic (exact) mass is 227 g/mol. The third kappa shape index (κ3) is 3.89. The summed E-state index contributed by atoms with van der Waals surface area (Å²) in [4.78, 5) is 0. The topological polar surface area (TPSA) is 12.0 Å². The summed E-state index contributed by atoms with van der Waals surface area (Å²) in [6, 6.07) is 4.38. The van der Waals surface area contributed by atoms with E-state index in [9.17, 15) is 8.78 Å². The first-order chi connectivity index (χ1) is 7.65. The van der Waals surface area contributed by atoms with Crippen molar-refractivity contribution in [2.24, 2.45) is 5.92 Å². The van der Waals surface area contributed by atoms with Crippen LogP contribution in [0.1, 0.15) is 25.3 Å². The van der Waals surface area contributed by atoms with Crippen LogP contribution in [0.15, 0.2) is 18.2 Å². The van der Waals surface area contributed by atoms with Crippen molar-refractivity contribution in [3.63, 3.8) is 0 Å². The molecule has 0 amide bonds. The van der Waals surface area contributed by atoms with E-state index in [-0.39, 0.29) is 0 Å². The summed E-state index contributed by atoms with van der Waals surface area (Å²) in [5, 5.41) is 3.07. The first-order valence-electron chi connectivity index (χ1n) is 5.72. The van der Waals surface area contributed by atoms with Crippen LogP contribution in [0.4, 0.5) is 8.78 Å². The van der Waals surface area contributed by atoms with Crippen molar-refractivity contribution in [3.05, 3.63) is 35.4 Å². The second-order valence-corrected chi connectivity index (χ2v) is 4.27. The fourth-order valence-electron chi connectivity index (χ4n) is 1.81. The van der Waals surface area contributed by atoms with E-state index in [0.717, 1.165) is 25.5 Å². The molecule has 0 heterocycles. The number of hydrogen-bond acceptors (Lipinski definition) is 1. The van der Waals surface area contributed by atoms with E-state index >= 15 is 0 Å². The molecule has 0 aromatic heterocycles. The molecular weight excluding hydrogens is 208 g/mol. The maximum atomic E-state index is 13.4. The third-order valence-electron chi connectivity index (χ3n) is 2.72. The fraction of sp³-hybridized carbons (Fsp3) is 0.538. The lowest BCUT2D eigenvalue weighted by Gasteiger charge is -2.12. The Labute approximate surface area is 95.9 Å². The molecule has 0 radical (unpaired) electrons. The Balaban J connectivity index is 2.49. The van der Waals surface area contributed by atoms with Crippen LogP contribution in [0.25, 0.3) is 0 Å². The molecule has 1 N–H and O–H groups in total. The van der Waals surface area contributed by atoms with Crippen LogP contribution in [0.3, 0.4) is 0 Å². The lowest BCUT2D eigenvalue weighted by atomic mass is 9.96. The minimum Gasteiger partial charge on any atom is -0.320 e. The van der Waals surface area contributed by atoms with Gasteiger partial charge in [0.25, 0.3) is 0 Å². The Morgan fingerprint density at radius 1 is 1.31 bits per heavy atom. The highest BCUT2D eigenvalue weighted by Gasteiger charge is 2.10. The summed E-state index contributed by atoms with van der Waals surface area (Å²) < 4.78 is 26.3. The molecule has 90 valence electrons. The molecule has 1 rings (SSSR count). The van der Waals surface area contributed by atoms with Crippen LogP contribution in [0.5, 0.6) is 0 Å². The Hall–Kier alpha value is -0.960. The minimum atomic E-state index is -0.750. The number of benzene rings is 1. The van der Waals surface area contributed by atoms with Gasteiger partial charge in [-0.2, -0.15) is 0 Å². The second-order valence-electron chi connectivity index (χ2n) is 4.27. The van der Waals surface area contributed by atoms with Crippen molar-refractivity contribution in [2.45, 2.75) is 26.2 Å². The zero-order valence-electron chi connectivity index (χ0n) is 9.89. The molecule has 0 saturated carbocycles. The maximum Gasteiger partial charge on any atom is 0.162 e. The number of hydrogen-bond donors (Lipinski definition) is 1. The zero-order chi connectivity index (χ0) is 12.0. The highest BCUT2D eigenvalue weighted by Crippen LogP contribution is 2.18. The normalized spacial score (nSPS) is 12.8. The SMILES string of the molecule is CNCCCC(C)Cc1cccc(F)c1F. The van der Waals surface area contributed by atoms with E-state index in [2.05, 4.69) is 12.2 Å². The van der Waals surface area contributed by atoms with Crippen LogP contribution in [-0.4, -0.2) is 13.6 Å². The lowest BCUT2D eigenvalue weighted by Crippen LogP contribution is -2.10. The van der Waals surface area contributed by atoms with E-state index in [4.69, 9.17) is 0 Å². The standard InChI is InChI=1S/C13H19F2N/c1-10(5-4-8-16-2)9-11-6-3-7-12(14)13(11)15/h3,6-7,10,16H,4-5,8-9H2,1-2H3. The predicted octanol–water partition coefficient (Wildman–Crippen LogP) is 3.14. The summed E-state index contributed by atoms with van der Waals surface area (Å²) in [6.07, 6.45) is 2.69. The first kappa shape index (κ1) is 13.1. The van der Waals surface area contributed by atoms with E-state index in [1.165, 1.54) is 0 Å². The molecular formula is C13H19F2N. The van der Waals surface area contributed by atoms with Gasteiger partial charge in [0.05, 0.1) is 0 Å². The number of nitrogens with one attached hydrogen (secondary N) is 1. The van der Waals surface area contributed by atoms with Crippen LogP contribution in [-0.2, 0) is 6.42 Å². The average Bonchev–Trinajstić information content (AvgIpc) is 2.25. The van der Waals surface area contributed by atoms with Gasteiger partial charge in [-0.25, -0.2) is 8.78 Å². The van der Waals surface area contributed by atoms with Gasteiger partial charge in [-0.3, -0.25) is 0 Å². The highest BCUT2D eigenvalue weighted by molar-refractivity contribution is 5.19. The summed E-state index contributed by atoms with van der Waals surface area (Å²) in [5.74, 6) is -1.06. The van der Waals surface area contributed by atoms with Gasteiger partial charge in [0.2, 0.25) is 0 Å². The fourth-order valence-corrected chi connectivity index (χ4v) is 1.81. The Kier molecular flexibility index (Phi) is 5.39. The van der Waals surface area contributed by atoms with Gasteiger partial charge < -0.3 is 5.32 Å². The molecule has 1 aromatic carbocycles. The van der Waals surface area contributed by atoms with Crippen molar-refractivity contribution < 1.29 is 8.78 Å². The molecule has 1 aromatic rings. The summed E-state index contributed by atoms with van der Waals surface area (Å²) >= 11 is 0. The highest BCUT2D eigenvalue weighted by atomic mass is 19.2. The quantitative estimate of drug-likeness (QED) is 0.736. The van der Waals surface area contributed by atoms with E-state index in [1.54, 1.807) is 12.1 Å². The van der Waals surface area contributed by atoms with E-state index < -0.39 is 11.6 Å². The molecule has 0 aliphatic rings. The van der Waals surface area contributed by atoms with Gasteiger partial charge in [0.1, 0.15) is 0 Å². The molecule has 0 aliphatic carbocycles. The van der Waals surface area contributed by atoms with Gasteiger partial charge in [-0.1, -0.05) is 19.1 Å². The van der Waals surface area contributed by atoms with Crippen molar-refractivity contribution in [2.75, 3.05) is 13.6 Å². The summed E-state index contributed by atoms with van der Waals surface area (Å²) in [5.41, 5.74) is 0.483. The van der Waals surface area contributed by atoms with Crippen molar-refractivity contribution in [1.29, 1.82) is 0 Å². The lowest BCUT2D eigenvalue weighted by molar-refractivity contribution is 0.463. The molecule has 3 heteroatoms. The van der Waals surface area contributed by atoms with Crippen LogP contribution < -0.4 is 5.32 Å². The molecule has 1 atom stereocenters. The Bertz CT molecular complexity index is 326.